The summed E-state index contributed by atoms with van der Waals surface area (Å²) in [6.07, 6.45) is 7.62. The Hall–Kier alpha value is -7.07. The molecule has 3 fully saturated rings. The van der Waals surface area contributed by atoms with Gasteiger partial charge in [-0.1, -0.05) is 48.0 Å². The van der Waals surface area contributed by atoms with E-state index in [-0.39, 0.29) is 24.4 Å². The maximum atomic E-state index is 13.6. The number of imide groups is 2. The van der Waals surface area contributed by atoms with E-state index in [1.165, 1.54) is 6.20 Å². The highest BCUT2D eigenvalue weighted by Crippen LogP contribution is 2.43. The van der Waals surface area contributed by atoms with Crippen molar-refractivity contribution in [2.45, 2.75) is 31.7 Å². The van der Waals surface area contributed by atoms with Gasteiger partial charge in [0.15, 0.2) is 5.82 Å². The van der Waals surface area contributed by atoms with E-state index in [1.54, 1.807) is 37.3 Å². The minimum Gasteiger partial charge on any atom is -0.494 e. The Bertz CT molecular complexity index is 3110. The molecule has 0 radical (unpaired) electrons. The highest BCUT2D eigenvalue weighted by atomic mass is 35.5. The molecule has 3 N–H and O–H groups in total. The zero-order chi connectivity index (χ0) is 49.6. The van der Waals surface area contributed by atoms with Crippen molar-refractivity contribution in [1.29, 1.82) is 0 Å². The van der Waals surface area contributed by atoms with E-state index in [2.05, 4.69) is 52.9 Å². The number of carbonyl (C=O) groups excluding carboxylic acids is 4. The molecule has 0 spiro atoms. The number of rotatable bonds is 13. The molecule has 71 heavy (non-hydrogen) atoms. The van der Waals surface area contributed by atoms with Gasteiger partial charge in [0.25, 0.3) is 11.8 Å². The number of piperidine rings is 2. The van der Waals surface area contributed by atoms with E-state index in [0.717, 1.165) is 97.2 Å². The van der Waals surface area contributed by atoms with E-state index < -0.39 is 36.8 Å². The minimum atomic E-state index is -2.74. The van der Waals surface area contributed by atoms with Gasteiger partial charge in [-0.2, -0.15) is 10.1 Å². The van der Waals surface area contributed by atoms with Crippen LogP contribution in [-0.4, -0.2) is 125 Å². The number of piperazine rings is 1. The molecule has 4 aromatic carbocycles. The molecular formula is C52H55ClN11O6P. The van der Waals surface area contributed by atoms with Crippen LogP contribution in [-0.2, 0) is 21.2 Å². The van der Waals surface area contributed by atoms with Crippen LogP contribution in [0.4, 0.5) is 34.5 Å². The largest absolute Gasteiger partial charge is 0.494 e. The Morgan fingerprint density at radius 2 is 1.54 bits per heavy atom. The van der Waals surface area contributed by atoms with Gasteiger partial charge >= 0.3 is 0 Å². The van der Waals surface area contributed by atoms with Gasteiger partial charge in [-0.25, -0.2) is 4.98 Å². The molecule has 2 aromatic heterocycles. The molecule has 0 aliphatic carbocycles. The third-order valence-corrected chi connectivity index (χ3v) is 15.7. The molecule has 17 nitrogen and oxygen atoms in total. The van der Waals surface area contributed by atoms with Crippen molar-refractivity contribution >= 4 is 82.2 Å². The fourth-order valence-corrected chi connectivity index (χ4v) is 11.4. The highest BCUT2D eigenvalue weighted by Gasteiger charge is 2.45. The zero-order valence-corrected chi connectivity index (χ0v) is 41.7. The van der Waals surface area contributed by atoms with Crippen LogP contribution in [0.1, 0.15) is 46.4 Å². The quantitative estimate of drug-likeness (QED) is 0.0769. The summed E-state index contributed by atoms with van der Waals surface area (Å²) in [6, 6.07) is 24.3. The second kappa shape index (κ2) is 19.6. The van der Waals surface area contributed by atoms with Crippen LogP contribution in [0.3, 0.4) is 0 Å². The van der Waals surface area contributed by atoms with Crippen LogP contribution < -0.4 is 35.8 Å². The average molecular weight is 997 g/mol. The van der Waals surface area contributed by atoms with Crippen LogP contribution in [0.15, 0.2) is 97.5 Å². The average Bonchev–Trinajstić information content (AvgIpc) is 3.91. The molecule has 10 rings (SSSR count). The lowest BCUT2D eigenvalue weighted by atomic mass is 9.94. The summed E-state index contributed by atoms with van der Waals surface area (Å²) in [5.41, 5.74) is 7.71. The van der Waals surface area contributed by atoms with E-state index in [0.29, 0.717) is 44.8 Å². The molecule has 1 atom stereocenters. The lowest BCUT2D eigenvalue weighted by molar-refractivity contribution is -0.136. The maximum absolute atomic E-state index is 13.6. The molecule has 0 bridgehead atoms. The number of fused-ring (bicyclic) bond motifs is 1. The number of aryl methyl sites for hydroxylation is 1. The van der Waals surface area contributed by atoms with Crippen LogP contribution in [0.25, 0.3) is 22.3 Å². The normalized spacial score (nSPS) is 17.9. The van der Waals surface area contributed by atoms with Gasteiger partial charge in [0.05, 0.1) is 42.0 Å². The van der Waals surface area contributed by atoms with Gasteiger partial charge in [0, 0.05) is 99.4 Å². The Labute approximate surface area is 416 Å². The van der Waals surface area contributed by atoms with E-state index in [9.17, 15) is 23.7 Å². The molecule has 366 valence electrons. The first-order valence-corrected chi connectivity index (χ1v) is 26.8. The predicted molar refractivity (Wildman–Crippen MR) is 276 cm³/mol. The number of benzene rings is 4. The smallest absolute Gasteiger partial charge is 0.262 e. The predicted octanol–water partition coefficient (Wildman–Crippen LogP) is 7.38. The summed E-state index contributed by atoms with van der Waals surface area (Å²) < 4.78 is 21.4. The topological polar surface area (TPSA) is 187 Å². The van der Waals surface area contributed by atoms with Crippen molar-refractivity contribution in [2.75, 3.05) is 86.7 Å². The third-order valence-electron chi connectivity index (χ3n) is 13.9. The lowest BCUT2D eigenvalue weighted by Crippen LogP contribution is -2.54. The van der Waals surface area contributed by atoms with Gasteiger partial charge < -0.3 is 29.7 Å². The third kappa shape index (κ3) is 9.86. The molecule has 6 aromatic rings. The van der Waals surface area contributed by atoms with E-state index in [1.807, 2.05) is 74.0 Å². The Kier molecular flexibility index (Phi) is 13.1. The number of halogens is 1. The lowest BCUT2D eigenvalue weighted by Gasteiger charge is -2.40. The number of ether oxygens (including phenoxy) is 1. The van der Waals surface area contributed by atoms with E-state index >= 15 is 0 Å². The van der Waals surface area contributed by atoms with Crippen LogP contribution in [0, 0.1) is 5.92 Å². The number of methoxy groups -OCH3 is 1. The Balaban J connectivity index is 0.797. The second-order valence-corrected chi connectivity index (χ2v) is 22.5. The van der Waals surface area contributed by atoms with Crippen molar-refractivity contribution in [1.82, 2.24) is 34.9 Å². The molecule has 6 heterocycles. The summed E-state index contributed by atoms with van der Waals surface area (Å²) >= 11 is 6.70. The summed E-state index contributed by atoms with van der Waals surface area (Å²) in [4.78, 5) is 68.5. The minimum absolute atomic E-state index is 0.0804. The summed E-state index contributed by atoms with van der Waals surface area (Å²) in [5.74, 6) is -0.241. The van der Waals surface area contributed by atoms with Crippen LogP contribution in [0.2, 0.25) is 5.02 Å². The molecule has 4 amide bonds. The number of nitrogens with zero attached hydrogens (tertiary/aromatic N) is 8. The summed E-state index contributed by atoms with van der Waals surface area (Å²) in [6.45, 7) is 9.47. The van der Waals surface area contributed by atoms with Crippen molar-refractivity contribution in [2.24, 2.45) is 13.0 Å². The molecule has 19 heteroatoms. The molecule has 4 aliphatic heterocycles. The second-order valence-electron chi connectivity index (χ2n) is 19.0. The van der Waals surface area contributed by atoms with Crippen molar-refractivity contribution in [3.63, 3.8) is 0 Å². The first-order valence-electron chi connectivity index (χ1n) is 23.8. The standard InChI is InChI=1S/C52H55ClN11O6P/c1-60-31-35(28-55-60)38-26-42(57-52-54-29-40(53)48(59-52)56-41-13-10-34(24-46(41)71(3,4)69)33-8-6-5-7-9-33)45(70-2)27-44(38)63-18-16-32(17-19-63)30-61-20-22-62(23-21-61)36-11-12-37-39(25-36)51(68)64(50(37)67)43-14-15-47(65)58-49(43)66/h5-13,24-29,31-32,43H,14-23,30H2,1-4H3,(H,58,65,66)(H2,54,56,57,59). The number of hydrogen-bond acceptors (Lipinski definition) is 14. The number of hydrogen-bond donors (Lipinski definition) is 3. The molecular weight excluding hydrogens is 941 g/mol. The van der Waals surface area contributed by atoms with Gasteiger partial charge in [-0.05, 0) is 86.0 Å². The van der Waals surface area contributed by atoms with Crippen molar-refractivity contribution in [3.8, 4) is 28.0 Å². The van der Waals surface area contributed by atoms with Gasteiger partial charge in [-0.3, -0.25) is 39.0 Å². The molecule has 4 aliphatic rings. The first-order chi connectivity index (χ1) is 34.2. The van der Waals surface area contributed by atoms with Crippen LogP contribution >= 0.6 is 18.7 Å². The summed E-state index contributed by atoms with van der Waals surface area (Å²) in [5, 5.41) is 14.5. The number of nitrogens with one attached hydrogen (secondary N) is 3. The fourth-order valence-electron chi connectivity index (χ4n) is 10.1. The zero-order valence-electron chi connectivity index (χ0n) is 40.0. The highest BCUT2D eigenvalue weighted by molar-refractivity contribution is 7.70. The van der Waals surface area contributed by atoms with Crippen molar-refractivity contribution in [3.05, 3.63) is 114 Å². The first kappa shape index (κ1) is 47.6. The Morgan fingerprint density at radius 3 is 2.24 bits per heavy atom. The molecule has 3 saturated heterocycles. The fraction of sp³-hybridized carbons (Fsp3) is 0.327. The number of carbonyl (C=O) groups is 4. The number of anilines is 6. The molecule has 1 unspecified atom stereocenters. The van der Waals surface area contributed by atoms with Crippen molar-refractivity contribution < 1.29 is 28.5 Å². The number of amides is 4. The van der Waals surface area contributed by atoms with Crippen LogP contribution in [0.5, 0.6) is 5.75 Å². The Morgan fingerprint density at radius 1 is 0.775 bits per heavy atom. The summed E-state index contributed by atoms with van der Waals surface area (Å²) in [7, 11) is 0.802. The van der Waals surface area contributed by atoms with Gasteiger partial charge in [-0.15, -0.1) is 0 Å². The molecule has 0 saturated carbocycles. The van der Waals surface area contributed by atoms with E-state index in [4.69, 9.17) is 21.3 Å². The SMILES string of the molecule is COc1cc(N2CCC(CN3CCN(c4ccc5c(c4)C(=O)N(C4CCC(=O)NC4=O)C5=O)CC3)CC2)c(-c2cnn(C)c2)cc1Nc1ncc(Cl)c(Nc2ccc(-c3ccccc3)cc2P(C)(C)=O)n1. The maximum Gasteiger partial charge on any atom is 0.262 e. The van der Waals surface area contributed by atoms with Gasteiger partial charge in [0.1, 0.15) is 24.0 Å². The van der Waals surface area contributed by atoms with Gasteiger partial charge in [0.2, 0.25) is 17.8 Å². The number of aromatic nitrogens is 4. The monoisotopic (exact) mass is 995 g/mol.